The van der Waals surface area contributed by atoms with E-state index in [0.717, 1.165) is 6.42 Å². The Bertz CT molecular complexity index is 399. The van der Waals surface area contributed by atoms with Gasteiger partial charge in [0.25, 0.3) is 0 Å². The highest BCUT2D eigenvalue weighted by atomic mass is 19.4. The quantitative estimate of drug-likeness (QED) is 0.776. The van der Waals surface area contributed by atoms with E-state index in [4.69, 9.17) is 9.47 Å². The minimum Gasteiger partial charge on any atom is -0.475 e. The monoisotopic (exact) mass is 279 g/mol. The van der Waals surface area contributed by atoms with Crippen LogP contribution in [0.15, 0.2) is 6.07 Å². The third kappa shape index (κ3) is 5.29. The van der Waals surface area contributed by atoms with Gasteiger partial charge in [-0.1, -0.05) is 6.92 Å². The second-order valence-corrected chi connectivity index (χ2v) is 3.68. The molecule has 19 heavy (non-hydrogen) atoms. The summed E-state index contributed by atoms with van der Waals surface area (Å²) in [5, 5.41) is 2.78. The SMILES string of the molecule is CCCNc1cc(OCCOC)nc(C(F)(F)F)n1. The number of nitrogens with one attached hydrogen (secondary N) is 1. The van der Waals surface area contributed by atoms with Crippen LogP contribution in [0, 0.1) is 0 Å². The van der Waals surface area contributed by atoms with E-state index >= 15 is 0 Å². The Hall–Kier alpha value is -1.57. The van der Waals surface area contributed by atoms with E-state index in [-0.39, 0.29) is 24.9 Å². The van der Waals surface area contributed by atoms with Crippen LogP contribution in [-0.4, -0.2) is 36.8 Å². The Balaban J connectivity index is 2.89. The topological polar surface area (TPSA) is 56.3 Å². The Morgan fingerprint density at radius 3 is 2.58 bits per heavy atom. The van der Waals surface area contributed by atoms with Crippen molar-refractivity contribution in [2.75, 3.05) is 32.2 Å². The standard InChI is InChI=1S/C11H16F3N3O2/c1-3-4-15-8-7-9(19-6-5-18-2)17-10(16-8)11(12,13)14/h7H,3-6H2,1-2H3,(H,15,16,17). The van der Waals surface area contributed by atoms with Crippen LogP contribution in [0.5, 0.6) is 5.88 Å². The van der Waals surface area contributed by atoms with E-state index in [9.17, 15) is 13.2 Å². The molecule has 0 fully saturated rings. The zero-order chi connectivity index (χ0) is 14.3. The molecule has 1 heterocycles. The van der Waals surface area contributed by atoms with Crippen molar-refractivity contribution in [3.8, 4) is 5.88 Å². The number of ether oxygens (including phenoxy) is 2. The van der Waals surface area contributed by atoms with Crippen LogP contribution in [0.4, 0.5) is 19.0 Å². The summed E-state index contributed by atoms with van der Waals surface area (Å²) in [5.74, 6) is -1.25. The second-order valence-electron chi connectivity index (χ2n) is 3.68. The number of hydrogen-bond donors (Lipinski definition) is 1. The molecule has 0 atom stereocenters. The van der Waals surface area contributed by atoms with Crippen molar-refractivity contribution in [3.05, 3.63) is 11.9 Å². The molecule has 8 heteroatoms. The highest BCUT2D eigenvalue weighted by Gasteiger charge is 2.35. The molecule has 0 spiro atoms. The van der Waals surface area contributed by atoms with Crippen molar-refractivity contribution in [2.45, 2.75) is 19.5 Å². The summed E-state index contributed by atoms with van der Waals surface area (Å²) < 4.78 is 47.7. The number of halogens is 3. The number of nitrogens with zero attached hydrogens (tertiary/aromatic N) is 2. The predicted molar refractivity (Wildman–Crippen MR) is 63.2 cm³/mol. The number of alkyl halides is 3. The van der Waals surface area contributed by atoms with E-state index in [2.05, 4.69) is 15.3 Å². The summed E-state index contributed by atoms with van der Waals surface area (Å²) in [6.45, 7) is 2.81. The molecule has 1 aromatic heterocycles. The van der Waals surface area contributed by atoms with Gasteiger partial charge in [-0.2, -0.15) is 18.2 Å². The van der Waals surface area contributed by atoms with Gasteiger partial charge < -0.3 is 14.8 Å². The Morgan fingerprint density at radius 2 is 2.00 bits per heavy atom. The third-order valence-corrected chi connectivity index (χ3v) is 2.05. The zero-order valence-corrected chi connectivity index (χ0v) is 10.8. The normalized spacial score (nSPS) is 11.4. The van der Waals surface area contributed by atoms with Gasteiger partial charge in [-0.25, -0.2) is 4.98 Å². The van der Waals surface area contributed by atoms with Gasteiger partial charge in [0.15, 0.2) is 0 Å². The number of aromatic nitrogens is 2. The van der Waals surface area contributed by atoms with Gasteiger partial charge in [-0.3, -0.25) is 0 Å². The summed E-state index contributed by atoms with van der Waals surface area (Å²) in [6.07, 6.45) is -3.84. The molecule has 1 rings (SSSR count). The van der Waals surface area contributed by atoms with Crippen LogP contribution in [0.25, 0.3) is 0 Å². The van der Waals surface area contributed by atoms with E-state index in [0.29, 0.717) is 6.54 Å². The molecule has 0 unspecified atom stereocenters. The van der Waals surface area contributed by atoms with Gasteiger partial charge >= 0.3 is 6.18 Å². The number of rotatable bonds is 7. The van der Waals surface area contributed by atoms with E-state index < -0.39 is 12.0 Å². The Morgan fingerprint density at radius 1 is 1.26 bits per heavy atom. The third-order valence-electron chi connectivity index (χ3n) is 2.05. The van der Waals surface area contributed by atoms with Gasteiger partial charge in [0.05, 0.1) is 6.61 Å². The molecule has 1 aromatic rings. The first-order valence-electron chi connectivity index (χ1n) is 5.79. The molecular formula is C11H16F3N3O2. The van der Waals surface area contributed by atoms with E-state index in [1.807, 2.05) is 6.92 Å². The van der Waals surface area contributed by atoms with Crippen molar-refractivity contribution < 1.29 is 22.6 Å². The lowest BCUT2D eigenvalue weighted by atomic mass is 10.4. The average molecular weight is 279 g/mol. The maximum Gasteiger partial charge on any atom is 0.451 e. The highest BCUT2D eigenvalue weighted by molar-refractivity contribution is 5.38. The molecule has 0 saturated carbocycles. The van der Waals surface area contributed by atoms with Gasteiger partial charge in [-0.05, 0) is 6.42 Å². The summed E-state index contributed by atoms with van der Waals surface area (Å²) in [5.41, 5.74) is 0. The van der Waals surface area contributed by atoms with Crippen LogP contribution in [-0.2, 0) is 10.9 Å². The highest BCUT2D eigenvalue weighted by Crippen LogP contribution is 2.28. The molecule has 0 aliphatic heterocycles. The van der Waals surface area contributed by atoms with Crippen LogP contribution < -0.4 is 10.1 Å². The Kier molecular flexibility index (Phi) is 5.81. The Labute approximate surface area is 109 Å². The minimum atomic E-state index is -4.61. The molecule has 0 bridgehead atoms. The van der Waals surface area contributed by atoms with Gasteiger partial charge in [0.1, 0.15) is 12.4 Å². The fourth-order valence-electron chi connectivity index (χ4n) is 1.20. The second kappa shape index (κ2) is 7.13. The lowest BCUT2D eigenvalue weighted by molar-refractivity contribution is -0.145. The lowest BCUT2D eigenvalue weighted by Crippen LogP contribution is -2.15. The molecule has 0 aliphatic carbocycles. The van der Waals surface area contributed by atoms with Crippen LogP contribution in [0.1, 0.15) is 19.2 Å². The van der Waals surface area contributed by atoms with Crippen molar-refractivity contribution in [1.29, 1.82) is 0 Å². The van der Waals surface area contributed by atoms with E-state index in [1.165, 1.54) is 13.2 Å². The first-order chi connectivity index (χ1) is 8.97. The van der Waals surface area contributed by atoms with Crippen LogP contribution in [0.2, 0.25) is 0 Å². The smallest absolute Gasteiger partial charge is 0.451 e. The average Bonchev–Trinajstić information content (AvgIpc) is 2.35. The van der Waals surface area contributed by atoms with Crippen molar-refractivity contribution in [2.24, 2.45) is 0 Å². The fourth-order valence-corrected chi connectivity index (χ4v) is 1.20. The number of methoxy groups -OCH3 is 1. The van der Waals surface area contributed by atoms with Crippen LogP contribution in [0.3, 0.4) is 0 Å². The van der Waals surface area contributed by atoms with Crippen LogP contribution >= 0.6 is 0 Å². The molecule has 0 aliphatic rings. The molecule has 108 valence electrons. The van der Waals surface area contributed by atoms with E-state index in [1.54, 1.807) is 0 Å². The molecule has 0 radical (unpaired) electrons. The van der Waals surface area contributed by atoms with Gasteiger partial charge in [-0.15, -0.1) is 0 Å². The summed E-state index contributed by atoms with van der Waals surface area (Å²) in [4.78, 5) is 6.74. The van der Waals surface area contributed by atoms with Gasteiger partial charge in [0, 0.05) is 19.7 Å². The molecular weight excluding hydrogens is 263 g/mol. The predicted octanol–water partition coefficient (Wildman–Crippen LogP) is 2.34. The minimum absolute atomic E-state index is 0.0941. The van der Waals surface area contributed by atoms with Crippen molar-refractivity contribution in [3.63, 3.8) is 0 Å². The first kappa shape index (κ1) is 15.5. The lowest BCUT2D eigenvalue weighted by Gasteiger charge is -2.11. The number of hydrogen-bond acceptors (Lipinski definition) is 5. The largest absolute Gasteiger partial charge is 0.475 e. The molecule has 1 N–H and O–H groups in total. The molecule has 0 saturated heterocycles. The molecule has 5 nitrogen and oxygen atoms in total. The number of anilines is 1. The summed E-state index contributed by atoms with van der Waals surface area (Å²) in [7, 11) is 1.47. The summed E-state index contributed by atoms with van der Waals surface area (Å²) >= 11 is 0. The molecule has 0 amide bonds. The fraction of sp³-hybridized carbons (Fsp3) is 0.636. The summed E-state index contributed by atoms with van der Waals surface area (Å²) in [6, 6.07) is 1.33. The van der Waals surface area contributed by atoms with Gasteiger partial charge in [0.2, 0.25) is 11.7 Å². The van der Waals surface area contributed by atoms with Crippen molar-refractivity contribution >= 4 is 5.82 Å². The first-order valence-corrected chi connectivity index (χ1v) is 5.79. The van der Waals surface area contributed by atoms with Crippen molar-refractivity contribution in [1.82, 2.24) is 9.97 Å². The zero-order valence-electron chi connectivity index (χ0n) is 10.8. The maximum atomic E-state index is 12.6. The maximum absolute atomic E-state index is 12.6. The molecule has 0 aromatic carbocycles.